The zero-order valence-electron chi connectivity index (χ0n) is 22.4. The zero-order valence-corrected chi connectivity index (χ0v) is 23.9. The number of likely N-dealkylation sites (N-methyl/N-ethyl adjacent to an activating group) is 1. The van der Waals surface area contributed by atoms with Gasteiger partial charge in [-0.3, -0.25) is 13.9 Å². The number of benzene rings is 3. The van der Waals surface area contributed by atoms with Gasteiger partial charge in [0.05, 0.1) is 10.6 Å². The van der Waals surface area contributed by atoms with Crippen LogP contribution in [0.2, 0.25) is 5.02 Å². The third kappa shape index (κ3) is 6.94. The minimum Gasteiger partial charge on any atom is -0.357 e. The monoisotopic (exact) mass is 555 g/mol. The molecule has 202 valence electrons. The molecule has 0 fully saturated rings. The molecule has 3 aromatic carbocycles. The van der Waals surface area contributed by atoms with E-state index in [1.807, 2.05) is 33.8 Å². The van der Waals surface area contributed by atoms with Crippen LogP contribution < -0.4 is 9.62 Å². The second-order valence-corrected chi connectivity index (χ2v) is 11.7. The largest absolute Gasteiger partial charge is 0.357 e. The molecule has 0 radical (unpaired) electrons. The van der Waals surface area contributed by atoms with Crippen LogP contribution in [0.25, 0.3) is 0 Å². The van der Waals surface area contributed by atoms with E-state index in [9.17, 15) is 18.0 Å². The lowest BCUT2D eigenvalue weighted by Gasteiger charge is -2.33. The van der Waals surface area contributed by atoms with Crippen LogP contribution in [0.5, 0.6) is 0 Å². The molecule has 0 saturated heterocycles. The van der Waals surface area contributed by atoms with Crippen LogP contribution in [0.15, 0.2) is 71.6 Å². The number of carbonyl (C=O) groups excluding carboxylic acids is 2. The molecule has 3 aromatic rings. The summed E-state index contributed by atoms with van der Waals surface area (Å²) in [7, 11) is -2.59. The lowest BCUT2D eigenvalue weighted by Crippen LogP contribution is -2.51. The number of rotatable bonds is 10. The van der Waals surface area contributed by atoms with Crippen LogP contribution in [0.4, 0.5) is 5.69 Å². The number of sulfonamides is 1. The lowest BCUT2D eigenvalue weighted by molar-refractivity contribution is -0.140. The molecule has 3 rings (SSSR count). The molecular weight excluding hydrogens is 522 g/mol. The Kier molecular flexibility index (Phi) is 9.57. The molecule has 0 saturated carbocycles. The molecule has 0 aromatic heterocycles. The van der Waals surface area contributed by atoms with Crippen molar-refractivity contribution in [3.05, 3.63) is 94.0 Å². The summed E-state index contributed by atoms with van der Waals surface area (Å²) in [6, 6.07) is 18.1. The fourth-order valence-electron chi connectivity index (χ4n) is 4.33. The van der Waals surface area contributed by atoms with E-state index in [0.717, 1.165) is 26.6 Å². The maximum Gasteiger partial charge on any atom is 0.264 e. The smallest absolute Gasteiger partial charge is 0.264 e. The van der Waals surface area contributed by atoms with Gasteiger partial charge < -0.3 is 10.2 Å². The van der Waals surface area contributed by atoms with E-state index in [0.29, 0.717) is 17.1 Å². The van der Waals surface area contributed by atoms with Gasteiger partial charge in [0.1, 0.15) is 12.6 Å². The van der Waals surface area contributed by atoms with Crippen LogP contribution in [0.1, 0.15) is 35.6 Å². The molecular formula is C29H34ClN3O4S. The number of hydrogen-bond donors (Lipinski definition) is 1. The van der Waals surface area contributed by atoms with Crippen LogP contribution in [0, 0.1) is 20.8 Å². The Morgan fingerprint density at radius 3 is 2.00 bits per heavy atom. The fraction of sp³-hybridized carbons (Fsp3) is 0.310. The first kappa shape index (κ1) is 29.2. The van der Waals surface area contributed by atoms with Crippen molar-refractivity contribution < 1.29 is 18.0 Å². The average molecular weight is 556 g/mol. The summed E-state index contributed by atoms with van der Waals surface area (Å²) < 4.78 is 29.0. The van der Waals surface area contributed by atoms with Crippen molar-refractivity contribution in [2.75, 3.05) is 17.9 Å². The first-order valence-electron chi connectivity index (χ1n) is 12.4. The topological polar surface area (TPSA) is 86.8 Å². The van der Waals surface area contributed by atoms with E-state index in [2.05, 4.69) is 5.32 Å². The number of halogens is 1. The van der Waals surface area contributed by atoms with Gasteiger partial charge in [-0.05, 0) is 80.3 Å². The van der Waals surface area contributed by atoms with Crippen molar-refractivity contribution in [1.82, 2.24) is 10.2 Å². The standard InChI is InChI=1S/C29H34ClN3O4S/c1-6-27(29(35)31-5)32(18-23-9-11-24(30)12-10-23)28(34)19-33(25-16-21(3)15-22(4)17-25)38(36,37)26-13-7-20(2)8-14-26/h7-17,27H,6,18-19H2,1-5H3,(H,31,35)/t27-/m1/s1. The van der Waals surface area contributed by atoms with Gasteiger partial charge in [0.15, 0.2) is 0 Å². The number of nitrogens with one attached hydrogen (secondary N) is 1. The normalized spacial score (nSPS) is 12.1. The Morgan fingerprint density at radius 2 is 1.47 bits per heavy atom. The Labute approximate surface area is 230 Å². The van der Waals surface area contributed by atoms with Crippen molar-refractivity contribution in [3.8, 4) is 0 Å². The van der Waals surface area contributed by atoms with E-state index in [-0.39, 0.29) is 17.3 Å². The molecule has 38 heavy (non-hydrogen) atoms. The molecule has 9 heteroatoms. The van der Waals surface area contributed by atoms with E-state index >= 15 is 0 Å². The molecule has 1 N–H and O–H groups in total. The molecule has 0 aliphatic rings. The summed E-state index contributed by atoms with van der Waals surface area (Å²) in [5.41, 5.74) is 3.81. The quantitative estimate of drug-likeness (QED) is 0.381. The zero-order chi connectivity index (χ0) is 28.0. The summed E-state index contributed by atoms with van der Waals surface area (Å²) in [5.74, 6) is -0.820. The van der Waals surface area contributed by atoms with E-state index in [1.54, 1.807) is 48.5 Å². The number of nitrogens with zero attached hydrogens (tertiary/aromatic N) is 2. The summed E-state index contributed by atoms with van der Waals surface area (Å²) >= 11 is 6.04. The molecule has 7 nitrogen and oxygen atoms in total. The van der Waals surface area contributed by atoms with Gasteiger partial charge in [-0.1, -0.05) is 54.4 Å². The Balaban J connectivity index is 2.09. The maximum absolute atomic E-state index is 13.9. The number of carbonyl (C=O) groups is 2. The molecule has 0 heterocycles. The predicted octanol–water partition coefficient (Wildman–Crippen LogP) is 5.01. The second kappa shape index (κ2) is 12.5. The second-order valence-electron chi connectivity index (χ2n) is 9.36. The first-order chi connectivity index (χ1) is 18.0. The van der Waals surface area contributed by atoms with Crippen molar-refractivity contribution in [1.29, 1.82) is 0 Å². The third-order valence-corrected chi connectivity index (χ3v) is 8.32. The molecule has 0 aliphatic carbocycles. The first-order valence-corrected chi connectivity index (χ1v) is 14.2. The predicted molar refractivity (Wildman–Crippen MR) is 152 cm³/mol. The lowest BCUT2D eigenvalue weighted by atomic mass is 10.1. The van der Waals surface area contributed by atoms with Crippen LogP contribution in [0.3, 0.4) is 0 Å². The minimum absolute atomic E-state index is 0.0812. The highest BCUT2D eigenvalue weighted by Crippen LogP contribution is 2.27. The van der Waals surface area contributed by atoms with Gasteiger partial charge in [-0.15, -0.1) is 0 Å². The highest BCUT2D eigenvalue weighted by Gasteiger charge is 2.33. The van der Waals surface area contributed by atoms with E-state index in [1.165, 1.54) is 24.1 Å². The van der Waals surface area contributed by atoms with Crippen molar-refractivity contribution in [3.63, 3.8) is 0 Å². The Hall–Kier alpha value is -3.36. The SMILES string of the molecule is CC[C@H](C(=O)NC)N(Cc1ccc(Cl)cc1)C(=O)CN(c1cc(C)cc(C)c1)S(=O)(=O)c1ccc(C)cc1. The van der Waals surface area contributed by atoms with Crippen molar-refractivity contribution in [2.24, 2.45) is 0 Å². The number of hydrogen-bond acceptors (Lipinski definition) is 4. The summed E-state index contributed by atoms with van der Waals surface area (Å²) in [6.45, 7) is 7.08. The van der Waals surface area contributed by atoms with Crippen LogP contribution in [-0.2, 0) is 26.2 Å². The number of anilines is 1. The Bertz CT molecular complexity index is 1370. The van der Waals surface area contributed by atoms with Crippen molar-refractivity contribution in [2.45, 2.75) is 51.6 Å². The molecule has 0 aliphatic heterocycles. The van der Waals surface area contributed by atoms with Crippen LogP contribution in [-0.4, -0.2) is 44.8 Å². The molecule has 0 bridgehead atoms. The van der Waals surface area contributed by atoms with Gasteiger partial charge in [0.2, 0.25) is 11.8 Å². The van der Waals surface area contributed by atoms with Gasteiger partial charge in [0.25, 0.3) is 10.0 Å². The Morgan fingerprint density at radius 1 is 0.895 bits per heavy atom. The number of amides is 2. The summed E-state index contributed by atoms with van der Waals surface area (Å²) in [6.07, 6.45) is 0.354. The summed E-state index contributed by atoms with van der Waals surface area (Å²) in [4.78, 5) is 28.2. The highest BCUT2D eigenvalue weighted by molar-refractivity contribution is 7.92. The number of aryl methyl sites for hydroxylation is 3. The third-order valence-electron chi connectivity index (χ3n) is 6.28. The van der Waals surface area contributed by atoms with E-state index < -0.39 is 28.5 Å². The molecule has 0 spiro atoms. The fourth-order valence-corrected chi connectivity index (χ4v) is 5.86. The molecule has 0 unspecified atom stereocenters. The maximum atomic E-state index is 13.9. The highest BCUT2D eigenvalue weighted by atomic mass is 35.5. The van der Waals surface area contributed by atoms with E-state index in [4.69, 9.17) is 11.6 Å². The summed E-state index contributed by atoms with van der Waals surface area (Å²) in [5, 5.41) is 3.17. The van der Waals surface area contributed by atoms with Crippen LogP contribution >= 0.6 is 11.6 Å². The van der Waals surface area contributed by atoms with Gasteiger partial charge in [-0.25, -0.2) is 8.42 Å². The van der Waals surface area contributed by atoms with Crippen molar-refractivity contribution >= 4 is 39.1 Å². The van der Waals surface area contributed by atoms with Gasteiger partial charge in [-0.2, -0.15) is 0 Å². The van der Waals surface area contributed by atoms with Gasteiger partial charge in [0, 0.05) is 18.6 Å². The molecule has 1 atom stereocenters. The molecule has 2 amide bonds. The minimum atomic E-state index is -4.10. The van der Waals surface area contributed by atoms with Gasteiger partial charge >= 0.3 is 0 Å². The average Bonchev–Trinajstić information content (AvgIpc) is 2.87.